The molecule has 0 fully saturated rings. The van der Waals surface area contributed by atoms with Crippen molar-refractivity contribution < 1.29 is 80.2 Å². The summed E-state index contributed by atoms with van der Waals surface area (Å²) in [5, 5.41) is 10.6. The molecule has 0 aromatic rings. The summed E-state index contributed by atoms with van der Waals surface area (Å²) >= 11 is 0. The van der Waals surface area contributed by atoms with Crippen LogP contribution in [0, 0.1) is 23.7 Å². The summed E-state index contributed by atoms with van der Waals surface area (Å²) in [4.78, 5) is 72.3. The Labute approximate surface area is 524 Å². The van der Waals surface area contributed by atoms with Crippen LogP contribution < -0.4 is 0 Å². The molecule has 0 aliphatic rings. The van der Waals surface area contributed by atoms with E-state index in [9.17, 15) is 43.2 Å². The van der Waals surface area contributed by atoms with Gasteiger partial charge in [-0.1, -0.05) is 274 Å². The minimum Gasteiger partial charge on any atom is -0.462 e. The van der Waals surface area contributed by atoms with Crippen molar-refractivity contribution in [3.63, 3.8) is 0 Å². The summed E-state index contributed by atoms with van der Waals surface area (Å²) in [6.07, 6.45) is 37.8. The zero-order valence-corrected chi connectivity index (χ0v) is 57.7. The van der Waals surface area contributed by atoms with Gasteiger partial charge >= 0.3 is 39.5 Å². The number of phosphoric acid groups is 2. The van der Waals surface area contributed by atoms with Crippen LogP contribution in [0.4, 0.5) is 0 Å². The van der Waals surface area contributed by atoms with E-state index in [0.29, 0.717) is 31.6 Å². The largest absolute Gasteiger partial charge is 0.472 e. The molecule has 0 bridgehead atoms. The van der Waals surface area contributed by atoms with Crippen LogP contribution in [0.2, 0.25) is 0 Å². The van der Waals surface area contributed by atoms with Crippen molar-refractivity contribution in [3.8, 4) is 0 Å². The van der Waals surface area contributed by atoms with Crippen molar-refractivity contribution in [1.29, 1.82) is 0 Å². The monoisotopic (exact) mass is 1270 g/mol. The lowest BCUT2D eigenvalue weighted by molar-refractivity contribution is -0.161. The van der Waals surface area contributed by atoms with Crippen LogP contribution in [-0.4, -0.2) is 96.7 Å². The van der Waals surface area contributed by atoms with E-state index in [0.717, 1.165) is 114 Å². The van der Waals surface area contributed by atoms with Crippen molar-refractivity contribution in [2.24, 2.45) is 23.7 Å². The molecule has 0 spiro atoms. The van der Waals surface area contributed by atoms with Gasteiger partial charge in [0.15, 0.2) is 12.2 Å². The van der Waals surface area contributed by atoms with Crippen LogP contribution >= 0.6 is 15.6 Å². The highest BCUT2D eigenvalue weighted by Gasteiger charge is 2.30. The molecule has 0 amide bonds. The first kappa shape index (κ1) is 84.1. The van der Waals surface area contributed by atoms with Crippen molar-refractivity contribution in [2.75, 3.05) is 39.6 Å². The first-order valence-corrected chi connectivity index (χ1v) is 37.7. The number of carbonyl (C=O) groups is 4. The highest BCUT2D eigenvalue weighted by atomic mass is 31.2. The van der Waals surface area contributed by atoms with Gasteiger partial charge in [-0.15, -0.1) is 0 Å². The topological polar surface area (TPSA) is 237 Å². The van der Waals surface area contributed by atoms with Crippen molar-refractivity contribution >= 4 is 39.5 Å². The lowest BCUT2D eigenvalue weighted by Gasteiger charge is -2.21. The minimum absolute atomic E-state index is 0.103. The molecule has 3 N–H and O–H groups in total. The van der Waals surface area contributed by atoms with Crippen molar-refractivity contribution in [2.45, 2.75) is 343 Å². The van der Waals surface area contributed by atoms with E-state index in [1.165, 1.54) is 122 Å². The van der Waals surface area contributed by atoms with E-state index in [2.05, 4.69) is 55.4 Å². The average Bonchev–Trinajstić information content (AvgIpc) is 3.64. The lowest BCUT2D eigenvalue weighted by Crippen LogP contribution is -2.30. The Balaban J connectivity index is 5.24. The molecule has 0 aliphatic carbocycles. The maximum Gasteiger partial charge on any atom is 0.472 e. The van der Waals surface area contributed by atoms with E-state index in [-0.39, 0.29) is 25.7 Å². The third kappa shape index (κ3) is 60.9. The summed E-state index contributed by atoms with van der Waals surface area (Å²) < 4.78 is 68.1. The number of hydrogen-bond acceptors (Lipinski definition) is 15. The summed E-state index contributed by atoms with van der Waals surface area (Å²) in [5.41, 5.74) is 0. The minimum atomic E-state index is -4.95. The Hall–Kier alpha value is -1.94. The average molecular weight is 1270 g/mol. The molecule has 86 heavy (non-hydrogen) atoms. The number of esters is 4. The van der Waals surface area contributed by atoms with Crippen LogP contribution in [0.1, 0.15) is 325 Å². The number of ether oxygens (including phenoxy) is 4. The summed E-state index contributed by atoms with van der Waals surface area (Å²) in [6.45, 7) is 14.0. The van der Waals surface area contributed by atoms with Crippen molar-refractivity contribution in [3.05, 3.63) is 0 Å². The molecular weight excluding hydrogens is 1140 g/mol. The highest BCUT2D eigenvalue weighted by molar-refractivity contribution is 7.47. The Morgan fingerprint density at radius 3 is 0.721 bits per heavy atom. The molecule has 510 valence electrons. The molecule has 0 aliphatic heterocycles. The Morgan fingerprint density at radius 2 is 0.488 bits per heavy atom. The third-order valence-corrected chi connectivity index (χ3v) is 17.2. The first-order valence-electron chi connectivity index (χ1n) is 34.7. The summed E-state index contributed by atoms with van der Waals surface area (Å²) in [7, 11) is -9.90. The fourth-order valence-electron chi connectivity index (χ4n) is 9.96. The molecule has 0 radical (unpaired) electrons. The molecular formula is C67H130O17P2. The maximum atomic E-state index is 13.0. The van der Waals surface area contributed by atoms with E-state index in [4.69, 9.17) is 37.0 Å². The quantitative estimate of drug-likeness (QED) is 0.0222. The zero-order valence-electron chi connectivity index (χ0n) is 55.9. The van der Waals surface area contributed by atoms with E-state index in [1.807, 2.05) is 0 Å². The number of carbonyl (C=O) groups excluding carboxylic acids is 4. The van der Waals surface area contributed by atoms with Crippen LogP contribution in [0.5, 0.6) is 0 Å². The fourth-order valence-corrected chi connectivity index (χ4v) is 11.5. The van der Waals surface area contributed by atoms with Gasteiger partial charge in [-0.05, 0) is 49.4 Å². The molecule has 0 saturated heterocycles. The molecule has 0 heterocycles. The predicted molar refractivity (Wildman–Crippen MR) is 344 cm³/mol. The van der Waals surface area contributed by atoms with Crippen molar-refractivity contribution in [1.82, 2.24) is 0 Å². The fraction of sp³-hybridized carbons (Fsp3) is 0.940. The Kier molecular flexibility index (Phi) is 55.7. The number of aliphatic hydroxyl groups is 1. The van der Waals surface area contributed by atoms with Gasteiger partial charge in [0.25, 0.3) is 0 Å². The Morgan fingerprint density at radius 1 is 0.291 bits per heavy atom. The van der Waals surface area contributed by atoms with Crippen LogP contribution in [-0.2, 0) is 65.4 Å². The summed E-state index contributed by atoms with van der Waals surface area (Å²) in [5.74, 6) is 0.764. The van der Waals surface area contributed by atoms with Gasteiger partial charge in [-0.2, -0.15) is 0 Å². The molecule has 3 unspecified atom stereocenters. The molecule has 5 atom stereocenters. The van der Waals surface area contributed by atoms with Gasteiger partial charge in [-0.25, -0.2) is 9.13 Å². The van der Waals surface area contributed by atoms with Gasteiger partial charge < -0.3 is 33.8 Å². The van der Waals surface area contributed by atoms with E-state index in [1.54, 1.807) is 0 Å². The standard InChI is InChI=1S/C67H130O17P2/c1-57(2)43-35-27-19-13-11-9-10-12-14-23-33-41-49-66(71)83-63(54-78-65(70)48-40-32-26-25-30-38-46-60(7)8)56-82-86(75,76)80-52-61(68)51-79-85(73,74)81-55-62(84-67(72)50-42-34-24-18-16-21-29-37-45-59(5)6)53-77-64(69)47-39-31-22-17-15-20-28-36-44-58(3)4/h57-63,68H,9-56H2,1-8H3,(H,73,74)(H,75,76)/t61?,62-,63-/m1/s1. The van der Waals surface area contributed by atoms with Crippen LogP contribution in [0.25, 0.3) is 0 Å². The molecule has 17 nitrogen and oxygen atoms in total. The van der Waals surface area contributed by atoms with Gasteiger partial charge in [0.05, 0.1) is 26.4 Å². The molecule has 0 aromatic heterocycles. The molecule has 19 heteroatoms. The van der Waals surface area contributed by atoms with E-state index < -0.39 is 97.5 Å². The highest BCUT2D eigenvalue weighted by Crippen LogP contribution is 2.45. The third-order valence-electron chi connectivity index (χ3n) is 15.3. The van der Waals surface area contributed by atoms with E-state index >= 15 is 0 Å². The molecule has 0 aromatic carbocycles. The maximum absolute atomic E-state index is 13.0. The molecule has 0 rings (SSSR count). The van der Waals surface area contributed by atoms with Gasteiger partial charge in [0.1, 0.15) is 19.3 Å². The SMILES string of the molecule is CC(C)CCCCCCCCCCCCCCC(=O)O[C@H](COC(=O)CCCCCCCCC(C)C)COP(=O)(O)OCC(O)COP(=O)(O)OC[C@@H](COC(=O)CCCCCCCCCCC(C)C)OC(=O)CCCCCCCCCCC(C)C. The van der Waals surface area contributed by atoms with Gasteiger partial charge in [-0.3, -0.25) is 37.3 Å². The number of phosphoric ester groups is 2. The predicted octanol–water partition coefficient (Wildman–Crippen LogP) is 18.5. The molecule has 0 saturated carbocycles. The smallest absolute Gasteiger partial charge is 0.462 e. The first-order chi connectivity index (χ1) is 41.1. The van der Waals surface area contributed by atoms with Crippen LogP contribution in [0.3, 0.4) is 0 Å². The normalized spacial score (nSPS) is 14.4. The Bertz CT molecular complexity index is 1710. The zero-order chi connectivity index (χ0) is 63.9. The summed E-state index contributed by atoms with van der Waals surface area (Å²) in [6, 6.07) is 0. The van der Waals surface area contributed by atoms with Crippen LogP contribution in [0.15, 0.2) is 0 Å². The number of rotatable bonds is 64. The second-order valence-corrected chi connectivity index (χ2v) is 29.0. The number of unbranched alkanes of at least 4 members (excludes halogenated alkanes) is 30. The van der Waals surface area contributed by atoms with Gasteiger partial charge in [0.2, 0.25) is 0 Å². The second kappa shape index (κ2) is 57.0. The second-order valence-electron chi connectivity index (χ2n) is 26.1. The number of hydrogen-bond donors (Lipinski definition) is 3. The van der Waals surface area contributed by atoms with Gasteiger partial charge in [0, 0.05) is 25.7 Å². The lowest BCUT2D eigenvalue weighted by atomic mass is 10.0. The number of aliphatic hydroxyl groups excluding tert-OH is 1.